The summed E-state index contributed by atoms with van der Waals surface area (Å²) in [5.74, 6) is 8.97. The maximum atomic E-state index is 5.13. The first-order valence-corrected chi connectivity index (χ1v) is 38.0. The molecule has 4 aromatic heterocycles. The van der Waals surface area contributed by atoms with Crippen LogP contribution in [0.1, 0.15) is 342 Å². The minimum Gasteiger partial charge on any atom is -0.466 e. The smallest absolute Gasteiger partial charge is 0.466 e. The van der Waals surface area contributed by atoms with Gasteiger partial charge in [-0.15, -0.1) is 0 Å². The largest absolute Gasteiger partial charge is 4.00 e. The number of nitrogens with zero attached hydrogens (tertiary/aromatic N) is 6. The van der Waals surface area contributed by atoms with E-state index in [0.717, 1.165) is 111 Å². The van der Waals surface area contributed by atoms with Crippen molar-refractivity contribution >= 4 is 23.3 Å². The number of aromatic nitrogens is 4. The molecule has 0 atom stereocenters. The normalized spacial score (nSPS) is 11.6. The predicted molar refractivity (Wildman–Crippen MR) is 441 cm³/mol. The molecule has 8 aromatic rings. The van der Waals surface area contributed by atoms with Crippen LogP contribution in [0.5, 0.6) is 0 Å². The molecule has 0 amide bonds. The second-order valence-electron chi connectivity index (χ2n) is 31.5. The van der Waals surface area contributed by atoms with Crippen molar-refractivity contribution in [3.05, 3.63) is 214 Å². The Kier molecular flexibility index (Phi) is 35.4. The average molecular weight is 1440 g/mol. The van der Waals surface area contributed by atoms with E-state index >= 15 is 0 Å². The Morgan fingerprint density at radius 3 is 0.713 bits per heavy atom. The zero-order chi connectivity index (χ0) is 71.7. The van der Waals surface area contributed by atoms with E-state index in [4.69, 9.17) is 30.6 Å². The zero-order valence-corrected chi connectivity index (χ0v) is 70.2. The fourth-order valence-corrected chi connectivity index (χ4v) is 13.3. The van der Waals surface area contributed by atoms with Gasteiger partial charge in [-0.25, -0.2) is 9.97 Å². The van der Waals surface area contributed by atoms with Gasteiger partial charge in [0, 0.05) is 24.2 Å². The Bertz CT molecular complexity index is 3220. The molecule has 0 aliphatic carbocycles. The van der Waals surface area contributed by atoms with Crippen LogP contribution in [0.4, 0.5) is 23.3 Å². The van der Waals surface area contributed by atoms with E-state index < -0.39 is 0 Å². The summed E-state index contributed by atoms with van der Waals surface area (Å²) in [5.41, 5.74) is 26.2. The molecule has 9 heteroatoms. The number of anilines is 2. The summed E-state index contributed by atoms with van der Waals surface area (Å²) in [6.45, 7) is 58.3. The van der Waals surface area contributed by atoms with Gasteiger partial charge in [-0.3, -0.25) is 0 Å². The Labute approximate surface area is 636 Å². The number of rotatable bonds is 32. The molecule has 544 valence electrons. The van der Waals surface area contributed by atoms with Gasteiger partial charge in [-0.1, -0.05) is 307 Å². The SMILES string of the molecule is CC(C)c1cc(C(C)C)c(-c2cccc(NCCCCCNc3cccc(-c4c(C(C)C)cc(C(C)C)cc4C(C)C)n3)n2)c(C(C)C)c1.CC(C)c1cc(C(C)C)c(-c2cccc([N-]CCCCC[N-]c3cccc(-c4c(C(C)C)cc(C(C)C)cc4C(C)C)n3)n2)c(C(C)C)c1.[CH3-].[CH3-].[Zr+4]. The Hall–Kier alpha value is -6.44. The van der Waals surface area contributed by atoms with Crippen LogP contribution >= 0.6 is 0 Å². The van der Waals surface area contributed by atoms with Crippen molar-refractivity contribution in [2.45, 2.75) is 276 Å². The summed E-state index contributed by atoms with van der Waals surface area (Å²) in [4.78, 5) is 20.4. The molecule has 0 saturated heterocycles. The summed E-state index contributed by atoms with van der Waals surface area (Å²) in [5, 5.41) is 17.0. The predicted octanol–water partition coefficient (Wildman–Crippen LogP) is 28.6. The van der Waals surface area contributed by atoms with Crippen LogP contribution < -0.4 is 10.6 Å². The minimum absolute atomic E-state index is 0. The maximum Gasteiger partial charge on any atom is 4.00 e. The zero-order valence-electron chi connectivity index (χ0n) is 67.7. The minimum atomic E-state index is 0. The van der Waals surface area contributed by atoms with Gasteiger partial charge in [0.05, 0.1) is 11.4 Å². The standard InChI is InChI=1S/C45H64N4.C45H62N4.2CH3.Zr/c2*1-28(2)34-24-36(30(5)6)44(37(25-34)31(7)8)40-18-16-20-42(48-40)46-22-14-13-15-23-47-43-21-17-19-41(49-43)45-38(32(9)10)26-35(29(3)4)27-39(45)33(11)12;;;/h16-21,24-33H,13-15,22-23H2,1-12H3,(H,46,48)(H,47,49);16-21,24-33H,13-15,22-23H2,1-12H3;2*1H3;/q;-2;2*-1;+4. The van der Waals surface area contributed by atoms with Crippen LogP contribution in [-0.4, -0.2) is 46.1 Å². The summed E-state index contributed by atoms with van der Waals surface area (Å²) in [6.07, 6.45) is 6.43. The van der Waals surface area contributed by atoms with Gasteiger partial charge in [0.1, 0.15) is 11.6 Å². The molecule has 0 radical (unpaired) electrons. The molecule has 0 spiro atoms. The molecule has 8 nitrogen and oxygen atoms in total. The monoisotopic (exact) mass is 1440 g/mol. The van der Waals surface area contributed by atoms with Gasteiger partial charge >= 0.3 is 26.2 Å². The quantitative estimate of drug-likeness (QED) is 0.0322. The van der Waals surface area contributed by atoms with Crippen molar-refractivity contribution in [3.8, 4) is 45.0 Å². The maximum absolute atomic E-state index is 5.13. The molecule has 0 fully saturated rings. The number of pyridine rings is 4. The van der Waals surface area contributed by atoms with E-state index in [2.05, 4.69) is 286 Å². The van der Waals surface area contributed by atoms with Gasteiger partial charge in [-0.2, -0.15) is 0 Å². The van der Waals surface area contributed by atoms with Crippen molar-refractivity contribution < 1.29 is 26.2 Å². The van der Waals surface area contributed by atoms with Crippen LogP contribution in [0.15, 0.2) is 121 Å². The van der Waals surface area contributed by atoms with Crippen LogP contribution in [0.25, 0.3) is 55.7 Å². The summed E-state index contributed by atoms with van der Waals surface area (Å²) >= 11 is 0. The third kappa shape index (κ3) is 23.8. The molecule has 0 saturated carbocycles. The average Bonchev–Trinajstić information content (AvgIpc) is 0.804. The van der Waals surface area contributed by atoms with Crippen molar-refractivity contribution in [1.29, 1.82) is 0 Å². The first-order valence-electron chi connectivity index (χ1n) is 38.0. The second kappa shape index (κ2) is 41.2. The summed E-state index contributed by atoms with van der Waals surface area (Å²) < 4.78 is 0. The van der Waals surface area contributed by atoms with Crippen molar-refractivity contribution in [3.63, 3.8) is 0 Å². The Morgan fingerprint density at radius 2 is 0.485 bits per heavy atom. The van der Waals surface area contributed by atoms with Gasteiger partial charge in [0.15, 0.2) is 0 Å². The summed E-state index contributed by atoms with van der Waals surface area (Å²) in [6, 6.07) is 44.7. The fraction of sp³-hybridized carbons (Fsp3) is 0.500. The molecule has 2 N–H and O–H groups in total. The van der Waals surface area contributed by atoms with E-state index in [1.807, 2.05) is 12.1 Å². The molecule has 0 aliphatic rings. The van der Waals surface area contributed by atoms with Crippen molar-refractivity contribution in [2.24, 2.45) is 0 Å². The van der Waals surface area contributed by atoms with E-state index in [0.29, 0.717) is 71.0 Å². The van der Waals surface area contributed by atoms with Gasteiger partial charge in [-0.05, 0) is 204 Å². The van der Waals surface area contributed by atoms with Gasteiger partial charge in [0.25, 0.3) is 0 Å². The fourth-order valence-electron chi connectivity index (χ4n) is 13.3. The number of benzene rings is 4. The van der Waals surface area contributed by atoms with Crippen LogP contribution in [0.2, 0.25) is 0 Å². The molecule has 101 heavy (non-hydrogen) atoms. The number of hydrogen-bond donors (Lipinski definition) is 2. The topological polar surface area (TPSA) is 104 Å². The third-order valence-electron chi connectivity index (χ3n) is 19.4. The van der Waals surface area contributed by atoms with Gasteiger partial charge in [0.2, 0.25) is 0 Å². The number of hydrogen-bond acceptors (Lipinski definition) is 6. The molecule has 0 aliphatic heterocycles. The molecular formula is C92H132N8Zr. The Balaban J connectivity index is 0.000000416. The van der Waals surface area contributed by atoms with E-state index in [1.54, 1.807) is 0 Å². The van der Waals surface area contributed by atoms with Crippen LogP contribution in [0, 0.1) is 14.9 Å². The van der Waals surface area contributed by atoms with Gasteiger partial charge < -0.3 is 46.1 Å². The molecule has 4 heterocycles. The molecule has 0 unspecified atom stereocenters. The first kappa shape index (κ1) is 87.0. The van der Waals surface area contributed by atoms with Crippen LogP contribution in [-0.2, 0) is 26.2 Å². The Morgan fingerprint density at radius 1 is 0.267 bits per heavy atom. The van der Waals surface area contributed by atoms with Crippen molar-refractivity contribution in [1.82, 2.24) is 19.9 Å². The number of nitrogens with one attached hydrogen (secondary N) is 2. The van der Waals surface area contributed by atoms with E-state index in [1.165, 1.54) is 89.0 Å². The van der Waals surface area contributed by atoms with E-state index in [-0.39, 0.29) is 41.1 Å². The van der Waals surface area contributed by atoms with E-state index in [9.17, 15) is 0 Å². The molecule has 0 bridgehead atoms. The molecule has 4 aromatic carbocycles. The summed E-state index contributed by atoms with van der Waals surface area (Å²) in [7, 11) is 0. The number of unbranched alkanes of at least 4 members (excludes halogenated alkanes) is 4. The second-order valence-corrected chi connectivity index (χ2v) is 31.5. The first-order chi connectivity index (χ1) is 46.6. The van der Waals surface area contributed by atoms with Crippen molar-refractivity contribution in [2.75, 3.05) is 36.8 Å². The molecular weight excluding hydrogens is 1310 g/mol. The third-order valence-corrected chi connectivity index (χ3v) is 19.4. The molecule has 8 rings (SSSR count). The van der Waals surface area contributed by atoms with Crippen LogP contribution in [0.3, 0.4) is 0 Å².